The summed E-state index contributed by atoms with van der Waals surface area (Å²) in [5.41, 5.74) is -0.369. The highest BCUT2D eigenvalue weighted by Crippen LogP contribution is 2.34. The second-order valence-corrected chi connectivity index (χ2v) is 6.37. The van der Waals surface area contributed by atoms with Gasteiger partial charge in [0.1, 0.15) is 5.60 Å². The fourth-order valence-corrected chi connectivity index (χ4v) is 3.41. The lowest BCUT2D eigenvalue weighted by Gasteiger charge is -2.31. The van der Waals surface area contributed by atoms with Crippen LogP contribution in [0.5, 0.6) is 0 Å². The molecule has 2 aliphatic rings. The number of hydrogen-bond acceptors (Lipinski definition) is 6. The highest BCUT2D eigenvalue weighted by Gasteiger charge is 2.43. The van der Waals surface area contributed by atoms with E-state index in [1.807, 2.05) is 21.8 Å². The molecule has 4 heterocycles. The maximum absolute atomic E-state index is 13.1. The number of hydrogen-bond donors (Lipinski definition) is 0. The summed E-state index contributed by atoms with van der Waals surface area (Å²) >= 11 is 0. The van der Waals surface area contributed by atoms with Gasteiger partial charge in [-0.25, -0.2) is 14.4 Å². The van der Waals surface area contributed by atoms with E-state index >= 15 is 0 Å². The molecule has 0 aliphatic carbocycles. The third kappa shape index (κ3) is 3.25. The van der Waals surface area contributed by atoms with Gasteiger partial charge in [0, 0.05) is 18.9 Å². The van der Waals surface area contributed by atoms with Gasteiger partial charge in [-0.1, -0.05) is 0 Å². The molecule has 4 rings (SSSR count). The summed E-state index contributed by atoms with van der Waals surface area (Å²) in [6.45, 7) is 3.19. The fourth-order valence-electron chi connectivity index (χ4n) is 3.41. The van der Waals surface area contributed by atoms with Crippen molar-refractivity contribution in [2.45, 2.75) is 31.1 Å². The van der Waals surface area contributed by atoms with Crippen molar-refractivity contribution < 1.29 is 13.9 Å². The maximum atomic E-state index is 13.1. The maximum Gasteiger partial charge on any atom is 0.225 e. The largest absolute Gasteiger partial charge is 0.377 e. The number of anilines is 1. The van der Waals surface area contributed by atoms with E-state index in [0.717, 1.165) is 19.4 Å². The number of nitrogens with zero attached hydrogens (tertiary/aromatic N) is 5. The number of ether oxygens (including phenoxy) is 2. The lowest BCUT2D eigenvalue weighted by Crippen LogP contribution is -2.45. The van der Waals surface area contributed by atoms with E-state index < -0.39 is 5.82 Å². The first kappa shape index (κ1) is 15.5. The number of rotatable bonds is 3. The molecular weight excluding hydrogens is 313 g/mol. The van der Waals surface area contributed by atoms with Gasteiger partial charge in [-0.3, -0.25) is 4.68 Å². The lowest BCUT2D eigenvalue weighted by molar-refractivity contribution is -0.0807. The quantitative estimate of drug-likeness (QED) is 0.843. The number of aromatic nitrogens is 4. The Morgan fingerprint density at radius 2 is 2.21 bits per heavy atom. The summed E-state index contributed by atoms with van der Waals surface area (Å²) in [6.07, 6.45) is 8.08. The molecule has 2 aliphatic heterocycles. The molecule has 0 saturated carbocycles. The van der Waals surface area contributed by atoms with Crippen molar-refractivity contribution in [2.75, 3.05) is 31.2 Å². The molecule has 0 aromatic carbocycles. The van der Waals surface area contributed by atoms with Crippen LogP contribution in [0.15, 0.2) is 30.9 Å². The van der Waals surface area contributed by atoms with Crippen LogP contribution >= 0.6 is 0 Å². The summed E-state index contributed by atoms with van der Waals surface area (Å²) < 4.78 is 27.1. The molecule has 2 aromatic heterocycles. The SMILES string of the molecule is Fc1cnc(N2CCOCC3(CCC(Cn4cccn4)O3)C2)nc1. The molecule has 0 amide bonds. The fraction of sp³-hybridized carbons (Fsp3) is 0.562. The normalized spacial score (nSPS) is 27.5. The Labute approximate surface area is 139 Å². The van der Waals surface area contributed by atoms with Crippen molar-refractivity contribution in [3.63, 3.8) is 0 Å². The zero-order chi connectivity index (χ0) is 16.4. The minimum Gasteiger partial charge on any atom is -0.377 e. The van der Waals surface area contributed by atoms with E-state index in [-0.39, 0.29) is 11.7 Å². The second-order valence-electron chi connectivity index (χ2n) is 6.37. The molecule has 8 heteroatoms. The Bertz CT molecular complexity index is 666. The monoisotopic (exact) mass is 333 g/mol. The van der Waals surface area contributed by atoms with Gasteiger partial charge < -0.3 is 14.4 Å². The van der Waals surface area contributed by atoms with Crippen LogP contribution in [0.3, 0.4) is 0 Å². The smallest absolute Gasteiger partial charge is 0.225 e. The Hall–Kier alpha value is -2.06. The lowest BCUT2D eigenvalue weighted by atomic mass is 10.0. The van der Waals surface area contributed by atoms with E-state index in [2.05, 4.69) is 15.1 Å². The van der Waals surface area contributed by atoms with Gasteiger partial charge >= 0.3 is 0 Å². The predicted molar refractivity (Wildman–Crippen MR) is 84.1 cm³/mol. The molecule has 128 valence electrons. The molecular formula is C16H20FN5O2. The minimum atomic E-state index is -0.434. The highest BCUT2D eigenvalue weighted by molar-refractivity contribution is 5.30. The number of halogens is 1. The van der Waals surface area contributed by atoms with E-state index in [4.69, 9.17) is 9.47 Å². The molecule has 2 atom stereocenters. The molecule has 2 unspecified atom stereocenters. The van der Waals surface area contributed by atoms with E-state index in [0.29, 0.717) is 32.3 Å². The molecule has 2 aromatic rings. The zero-order valence-electron chi connectivity index (χ0n) is 13.3. The molecule has 0 radical (unpaired) electrons. The average molecular weight is 333 g/mol. The molecule has 0 N–H and O–H groups in total. The van der Waals surface area contributed by atoms with Crippen molar-refractivity contribution in [3.8, 4) is 0 Å². The van der Waals surface area contributed by atoms with Crippen molar-refractivity contribution in [2.24, 2.45) is 0 Å². The van der Waals surface area contributed by atoms with Gasteiger partial charge in [-0.05, 0) is 18.9 Å². The summed E-state index contributed by atoms with van der Waals surface area (Å²) in [5, 5.41) is 4.24. The second kappa shape index (κ2) is 6.45. The van der Waals surface area contributed by atoms with Crippen LogP contribution in [0.4, 0.5) is 10.3 Å². The van der Waals surface area contributed by atoms with Gasteiger partial charge in [0.15, 0.2) is 5.82 Å². The van der Waals surface area contributed by atoms with E-state index in [9.17, 15) is 4.39 Å². The predicted octanol–water partition coefficient (Wildman–Crippen LogP) is 1.27. The highest BCUT2D eigenvalue weighted by atomic mass is 19.1. The topological polar surface area (TPSA) is 65.3 Å². The molecule has 2 saturated heterocycles. The van der Waals surface area contributed by atoms with Crippen molar-refractivity contribution >= 4 is 5.95 Å². The Morgan fingerprint density at radius 3 is 3.00 bits per heavy atom. The molecule has 1 spiro atoms. The zero-order valence-corrected chi connectivity index (χ0v) is 13.3. The van der Waals surface area contributed by atoms with Gasteiger partial charge in [0.25, 0.3) is 0 Å². The summed E-state index contributed by atoms with van der Waals surface area (Å²) in [4.78, 5) is 10.2. The van der Waals surface area contributed by atoms with Crippen LogP contribution in [0.2, 0.25) is 0 Å². The van der Waals surface area contributed by atoms with Crippen LogP contribution in [-0.4, -0.2) is 57.8 Å². The molecule has 24 heavy (non-hydrogen) atoms. The Morgan fingerprint density at radius 1 is 1.33 bits per heavy atom. The van der Waals surface area contributed by atoms with Crippen LogP contribution in [0, 0.1) is 5.82 Å². The minimum absolute atomic E-state index is 0.114. The molecule has 7 nitrogen and oxygen atoms in total. The van der Waals surface area contributed by atoms with Gasteiger partial charge in [0.2, 0.25) is 5.95 Å². The molecule has 0 bridgehead atoms. The average Bonchev–Trinajstić information content (AvgIpc) is 3.17. The van der Waals surface area contributed by atoms with Gasteiger partial charge in [-0.15, -0.1) is 0 Å². The Kier molecular flexibility index (Phi) is 4.15. The van der Waals surface area contributed by atoms with Crippen LogP contribution in [-0.2, 0) is 16.0 Å². The summed E-state index contributed by atoms with van der Waals surface area (Å²) in [6, 6.07) is 1.91. The van der Waals surface area contributed by atoms with Crippen molar-refractivity contribution in [3.05, 3.63) is 36.7 Å². The molecule has 2 fully saturated rings. The summed E-state index contributed by atoms with van der Waals surface area (Å²) in [7, 11) is 0. The van der Waals surface area contributed by atoms with Crippen molar-refractivity contribution in [1.29, 1.82) is 0 Å². The van der Waals surface area contributed by atoms with E-state index in [1.165, 1.54) is 12.4 Å². The third-order valence-electron chi connectivity index (χ3n) is 4.53. The van der Waals surface area contributed by atoms with Crippen LogP contribution in [0.25, 0.3) is 0 Å². The van der Waals surface area contributed by atoms with Crippen LogP contribution in [0.1, 0.15) is 12.8 Å². The van der Waals surface area contributed by atoms with Crippen molar-refractivity contribution in [1.82, 2.24) is 19.7 Å². The van der Waals surface area contributed by atoms with E-state index in [1.54, 1.807) is 6.20 Å². The van der Waals surface area contributed by atoms with Crippen LogP contribution < -0.4 is 4.90 Å². The van der Waals surface area contributed by atoms with Gasteiger partial charge in [-0.2, -0.15) is 5.10 Å². The third-order valence-corrected chi connectivity index (χ3v) is 4.53. The Balaban J connectivity index is 1.47. The van der Waals surface area contributed by atoms with Gasteiger partial charge in [0.05, 0.1) is 44.8 Å². The first-order valence-corrected chi connectivity index (χ1v) is 8.18. The first-order chi connectivity index (χ1) is 11.7. The first-order valence-electron chi connectivity index (χ1n) is 8.18. The summed E-state index contributed by atoms with van der Waals surface area (Å²) in [5.74, 6) is 0.0799. The standard InChI is InChI=1S/C16H20FN5O2/c17-13-8-18-15(19-9-13)21-6-7-23-12-16(11-21)3-2-14(24-16)10-22-5-1-4-20-22/h1,4-5,8-9,14H,2-3,6-7,10-12H2.